The Morgan fingerprint density at radius 2 is 1.52 bits per heavy atom. The van der Waals surface area contributed by atoms with Gasteiger partial charge in [0.1, 0.15) is 5.03 Å². The Bertz CT molecular complexity index is 1170. The summed E-state index contributed by atoms with van der Waals surface area (Å²) >= 11 is 1.61. The van der Waals surface area contributed by atoms with Gasteiger partial charge in [-0.05, 0) is 47.0 Å². The van der Waals surface area contributed by atoms with Crippen LogP contribution in [0.15, 0.2) is 107 Å². The highest BCUT2D eigenvalue weighted by molar-refractivity contribution is 7.99. The fourth-order valence-electron chi connectivity index (χ4n) is 3.53. The molecule has 1 aliphatic rings. The Morgan fingerprint density at radius 3 is 2.34 bits per heavy atom. The number of benzene rings is 3. The Morgan fingerprint density at radius 1 is 0.793 bits per heavy atom. The lowest BCUT2D eigenvalue weighted by Gasteiger charge is -2.22. The van der Waals surface area contributed by atoms with Crippen LogP contribution in [0.5, 0.6) is 0 Å². The van der Waals surface area contributed by atoms with E-state index in [2.05, 4.69) is 29.2 Å². The maximum Gasteiger partial charge on any atom is 0.258 e. The molecule has 0 unspecified atom stereocenters. The highest BCUT2D eigenvalue weighted by Crippen LogP contribution is 2.40. The Labute approximate surface area is 174 Å². The van der Waals surface area contributed by atoms with E-state index >= 15 is 0 Å². The molecule has 0 atom stereocenters. The van der Waals surface area contributed by atoms with Gasteiger partial charge < -0.3 is 4.90 Å². The van der Waals surface area contributed by atoms with Crippen molar-refractivity contribution in [3.05, 3.63) is 108 Å². The normalized spacial score (nSPS) is 12.6. The quantitative estimate of drug-likeness (QED) is 0.414. The molecule has 2 heterocycles. The van der Waals surface area contributed by atoms with Gasteiger partial charge in [-0.1, -0.05) is 72.4 Å². The molecule has 1 aromatic heterocycles. The van der Waals surface area contributed by atoms with Gasteiger partial charge in [-0.2, -0.15) is 0 Å². The second kappa shape index (κ2) is 7.57. The zero-order chi connectivity index (χ0) is 19.6. The molecule has 0 N–H and O–H groups in total. The number of rotatable bonds is 2. The standard InChI is InChI=1S/C25H18N2OS/c28-25(20-14-12-19(13-15-20)18-7-2-1-3-8-18)27-17-21-9-4-5-11-23(21)29-24-22(27)10-6-16-26-24/h1-16H,17H2. The molecular weight excluding hydrogens is 376 g/mol. The maximum atomic E-state index is 13.5. The molecule has 0 fully saturated rings. The number of aromatic nitrogens is 1. The van der Waals surface area contributed by atoms with Crippen LogP contribution < -0.4 is 4.90 Å². The highest BCUT2D eigenvalue weighted by Gasteiger charge is 2.26. The number of anilines is 1. The van der Waals surface area contributed by atoms with Crippen molar-refractivity contribution < 1.29 is 4.79 Å². The molecule has 29 heavy (non-hydrogen) atoms. The van der Waals surface area contributed by atoms with Crippen LogP contribution >= 0.6 is 11.8 Å². The molecule has 0 aliphatic carbocycles. The molecule has 4 heteroatoms. The van der Waals surface area contributed by atoms with Gasteiger partial charge in [0.05, 0.1) is 12.2 Å². The minimum absolute atomic E-state index is 0.0174. The summed E-state index contributed by atoms with van der Waals surface area (Å²) < 4.78 is 0. The van der Waals surface area contributed by atoms with E-state index in [1.807, 2.05) is 71.6 Å². The summed E-state index contributed by atoms with van der Waals surface area (Å²) in [6, 6.07) is 30.1. The molecule has 3 aromatic carbocycles. The molecule has 1 aliphatic heterocycles. The highest BCUT2D eigenvalue weighted by atomic mass is 32.2. The second-order valence-corrected chi connectivity index (χ2v) is 7.90. The van der Waals surface area contributed by atoms with Crippen LogP contribution in [0.1, 0.15) is 15.9 Å². The average molecular weight is 394 g/mol. The number of carbonyl (C=O) groups is 1. The largest absolute Gasteiger partial charge is 0.301 e. The fraction of sp³-hybridized carbons (Fsp3) is 0.0400. The molecule has 1 amide bonds. The van der Waals surface area contributed by atoms with Crippen molar-refractivity contribution in [2.24, 2.45) is 0 Å². The van der Waals surface area contributed by atoms with Crippen molar-refractivity contribution in [1.82, 2.24) is 4.98 Å². The van der Waals surface area contributed by atoms with E-state index in [0.29, 0.717) is 12.1 Å². The lowest BCUT2D eigenvalue weighted by atomic mass is 10.0. The van der Waals surface area contributed by atoms with Gasteiger partial charge in [-0.15, -0.1) is 0 Å². The number of pyridine rings is 1. The van der Waals surface area contributed by atoms with Gasteiger partial charge in [0, 0.05) is 16.7 Å². The van der Waals surface area contributed by atoms with Crippen molar-refractivity contribution in [3.8, 4) is 11.1 Å². The number of hydrogen-bond donors (Lipinski definition) is 0. The molecule has 0 saturated carbocycles. The van der Waals surface area contributed by atoms with Crippen molar-refractivity contribution in [1.29, 1.82) is 0 Å². The van der Waals surface area contributed by atoms with Crippen LogP contribution in [0, 0.1) is 0 Å². The van der Waals surface area contributed by atoms with E-state index in [1.54, 1.807) is 18.0 Å². The fourth-order valence-corrected chi connectivity index (χ4v) is 4.55. The molecule has 140 valence electrons. The number of carbonyl (C=O) groups excluding carboxylic acids is 1. The van der Waals surface area contributed by atoms with E-state index in [-0.39, 0.29) is 5.91 Å². The SMILES string of the molecule is O=C(c1ccc(-c2ccccc2)cc1)N1Cc2ccccc2Sc2ncccc21. The number of nitrogens with zero attached hydrogens (tertiary/aromatic N) is 2. The number of fused-ring (bicyclic) bond motifs is 2. The molecule has 5 rings (SSSR count). The van der Waals surface area contributed by atoms with Crippen LogP contribution in [0.3, 0.4) is 0 Å². The minimum atomic E-state index is -0.0174. The summed E-state index contributed by atoms with van der Waals surface area (Å²) in [6.07, 6.45) is 1.77. The van der Waals surface area contributed by atoms with Gasteiger partial charge in [0.15, 0.2) is 0 Å². The van der Waals surface area contributed by atoms with Gasteiger partial charge in [-0.3, -0.25) is 4.79 Å². The van der Waals surface area contributed by atoms with Crippen molar-refractivity contribution in [2.45, 2.75) is 16.5 Å². The van der Waals surface area contributed by atoms with E-state index in [1.165, 1.54) is 0 Å². The van der Waals surface area contributed by atoms with E-state index < -0.39 is 0 Å². The van der Waals surface area contributed by atoms with Crippen LogP contribution in [0.4, 0.5) is 5.69 Å². The molecule has 0 radical (unpaired) electrons. The third-order valence-corrected chi connectivity index (χ3v) is 6.16. The topological polar surface area (TPSA) is 33.2 Å². The molecule has 4 aromatic rings. The third kappa shape index (κ3) is 3.43. The molecule has 0 saturated heterocycles. The van der Waals surface area contributed by atoms with E-state index in [9.17, 15) is 4.79 Å². The van der Waals surface area contributed by atoms with Crippen molar-refractivity contribution >= 4 is 23.4 Å². The summed E-state index contributed by atoms with van der Waals surface area (Å²) in [7, 11) is 0. The summed E-state index contributed by atoms with van der Waals surface area (Å²) in [5.74, 6) is -0.0174. The van der Waals surface area contributed by atoms with Crippen molar-refractivity contribution in [3.63, 3.8) is 0 Å². The van der Waals surface area contributed by atoms with Gasteiger partial charge >= 0.3 is 0 Å². The number of hydrogen-bond acceptors (Lipinski definition) is 3. The Kier molecular flexibility index (Phi) is 4.62. The molecule has 3 nitrogen and oxygen atoms in total. The first-order chi connectivity index (χ1) is 14.3. The summed E-state index contributed by atoms with van der Waals surface area (Å²) in [6.45, 7) is 0.529. The van der Waals surface area contributed by atoms with Crippen LogP contribution in [0.25, 0.3) is 11.1 Å². The molecule has 0 bridgehead atoms. The summed E-state index contributed by atoms with van der Waals surface area (Å²) in [4.78, 5) is 21.0. The number of amides is 1. The zero-order valence-corrected chi connectivity index (χ0v) is 16.5. The van der Waals surface area contributed by atoms with Gasteiger partial charge in [0.2, 0.25) is 0 Å². The van der Waals surface area contributed by atoms with E-state index in [0.717, 1.165) is 32.3 Å². The zero-order valence-electron chi connectivity index (χ0n) is 15.7. The average Bonchev–Trinajstić information content (AvgIpc) is 2.96. The summed E-state index contributed by atoms with van der Waals surface area (Å²) in [5.41, 5.74) is 4.89. The first-order valence-corrected chi connectivity index (χ1v) is 10.3. The monoisotopic (exact) mass is 394 g/mol. The minimum Gasteiger partial charge on any atom is -0.301 e. The Hall–Kier alpha value is -3.37. The lowest BCUT2D eigenvalue weighted by molar-refractivity contribution is 0.0984. The molecular formula is C25H18N2OS. The van der Waals surface area contributed by atoms with E-state index in [4.69, 9.17) is 0 Å². The maximum absolute atomic E-state index is 13.5. The second-order valence-electron chi connectivity index (χ2n) is 6.87. The first-order valence-electron chi connectivity index (χ1n) is 9.48. The van der Waals surface area contributed by atoms with Gasteiger partial charge in [0.25, 0.3) is 5.91 Å². The Balaban J connectivity index is 1.52. The van der Waals surface area contributed by atoms with Crippen LogP contribution in [-0.2, 0) is 6.54 Å². The molecule has 0 spiro atoms. The van der Waals surface area contributed by atoms with Crippen LogP contribution in [0.2, 0.25) is 0 Å². The predicted octanol–water partition coefficient (Wildman–Crippen LogP) is 6.06. The van der Waals surface area contributed by atoms with Gasteiger partial charge in [-0.25, -0.2) is 4.98 Å². The predicted molar refractivity (Wildman–Crippen MR) is 117 cm³/mol. The third-order valence-electron chi connectivity index (χ3n) is 5.03. The summed E-state index contributed by atoms with van der Waals surface area (Å²) in [5, 5.41) is 0.853. The first kappa shape index (κ1) is 17.7. The van der Waals surface area contributed by atoms with Crippen molar-refractivity contribution in [2.75, 3.05) is 4.90 Å². The smallest absolute Gasteiger partial charge is 0.258 e. The lowest BCUT2D eigenvalue weighted by Crippen LogP contribution is -2.30. The van der Waals surface area contributed by atoms with Crippen LogP contribution in [-0.4, -0.2) is 10.9 Å².